The highest BCUT2D eigenvalue weighted by atomic mass is 16.5. The summed E-state index contributed by atoms with van der Waals surface area (Å²) < 4.78 is 7.21. The summed E-state index contributed by atoms with van der Waals surface area (Å²) in [6.45, 7) is 3.50. The zero-order chi connectivity index (χ0) is 17.8. The third-order valence-electron chi connectivity index (χ3n) is 5.03. The number of rotatable bonds is 5. The van der Waals surface area contributed by atoms with Gasteiger partial charge >= 0.3 is 0 Å². The fourth-order valence-corrected chi connectivity index (χ4v) is 3.61. The van der Waals surface area contributed by atoms with Crippen molar-refractivity contribution in [1.29, 1.82) is 0 Å². The molecule has 138 valence electrons. The van der Waals surface area contributed by atoms with Crippen LogP contribution in [0.15, 0.2) is 31.0 Å². The quantitative estimate of drug-likeness (QED) is 0.859. The molecule has 4 rings (SSSR count). The van der Waals surface area contributed by atoms with Crippen LogP contribution < -0.4 is 10.2 Å². The Morgan fingerprint density at radius 3 is 2.96 bits per heavy atom. The molecular formula is C18H24N6O2. The second kappa shape index (κ2) is 7.82. The van der Waals surface area contributed by atoms with Crippen LogP contribution in [-0.4, -0.2) is 57.8 Å². The van der Waals surface area contributed by atoms with E-state index in [0.717, 1.165) is 57.2 Å². The molecular weight excluding hydrogens is 332 g/mol. The molecule has 0 radical (unpaired) electrons. The maximum absolute atomic E-state index is 12.1. The van der Waals surface area contributed by atoms with Crippen molar-refractivity contribution in [1.82, 2.24) is 24.8 Å². The van der Waals surface area contributed by atoms with Gasteiger partial charge < -0.3 is 19.5 Å². The summed E-state index contributed by atoms with van der Waals surface area (Å²) in [5.74, 6) is 1.23. The first-order valence-corrected chi connectivity index (χ1v) is 9.18. The number of hydrogen-bond donors (Lipinski definition) is 1. The Morgan fingerprint density at radius 1 is 1.27 bits per heavy atom. The minimum absolute atomic E-state index is 0.00623. The molecule has 0 spiro atoms. The predicted molar refractivity (Wildman–Crippen MR) is 95.8 cm³/mol. The molecule has 2 fully saturated rings. The van der Waals surface area contributed by atoms with Crippen molar-refractivity contribution in [3.63, 3.8) is 0 Å². The Morgan fingerprint density at radius 2 is 2.15 bits per heavy atom. The lowest BCUT2D eigenvalue weighted by molar-refractivity contribution is -0.122. The summed E-state index contributed by atoms with van der Waals surface area (Å²) in [5, 5.41) is 3.09. The second-order valence-corrected chi connectivity index (χ2v) is 6.90. The van der Waals surface area contributed by atoms with Crippen LogP contribution in [0.5, 0.6) is 0 Å². The molecule has 1 atom stereocenters. The van der Waals surface area contributed by atoms with E-state index in [9.17, 15) is 4.79 Å². The summed E-state index contributed by atoms with van der Waals surface area (Å²) in [4.78, 5) is 27.5. The lowest BCUT2D eigenvalue weighted by Crippen LogP contribution is -2.39. The molecule has 26 heavy (non-hydrogen) atoms. The second-order valence-electron chi connectivity index (χ2n) is 6.90. The average molecular weight is 356 g/mol. The Bertz CT molecular complexity index is 729. The van der Waals surface area contributed by atoms with Gasteiger partial charge in [0.15, 0.2) is 0 Å². The van der Waals surface area contributed by atoms with E-state index in [1.54, 1.807) is 23.3 Å². The number of aromatic nitrogens is 4. The molecule has 0 saturated carbocycles. The van der Waals surface area contributed by atoms with Gasteiger partial charge in [0.1, 0.15) is 6.54 Å². The smallest absolute Gasteiger partial charge is 0.240 e. The van der Waals surface area contributed by atoms with Crippen LogP contribution >= 0.6 is 0 Å². The molecule has 1 unspecified atom stereocenters. The Labute approximate surface area is 152 Å². The minimum atomic E-state index is 0.00623. The lowest BCUT2D eigenvalue weighted by atomic mass is 9.96. The van der Waals surface area contributed by atoms with Crippen molar-refractivity contribution in [2.24, 2.45) is 0 Å². The largest absolute Gasteiger partial charge is 0.381 e. The van der Waals surface area contributed by atoms with E-state index in [0.29, 0.717) is 12.5 Å². The third-order valence-corrected chi connectivity index (χ3v) is 5.03. The van der Waals surface area contributed by atoms with Crippen molar-refractivity contribution in [3.05, 3.63) is 36.7 Å². The number of ether oxygens (including phenoxy) is 1. The maximum Gasteiger partial charge on any atom is 0.240 e. The van der Waals surface area contributed by atoms with Crippen LogP contribution in [-0.2, 0) is 16.1 Å². The third kappa shape index (κ3) is 4.01. The highest BCUT2D eigenvalue weighted by Gasteiger charge is 2.26. The molecule has 1 amide bonds. The van der Waals surface area contributed by atoms with Gasteiger partial charge in [0, 0.05) is 62.5 Å². The van der Waals surface area contributed by atoms with Crippen LogP contribution in [0, 0.1) is 0 Å². The first kappa shape index (κ1) is 17.0. The lowest BCUT2D eigenvalue weighted by Gasteiger charge is -2.23. The molecule has 8 nitrogen and oxygen atoms in total. The molecule has 0 aliphatic carbocycles. The highest BCUT2D eigenvalue weighted by Crippen LogP contribution is 2.26. The molecule has 8 heteroatoms. The Hall–Kier alpha value is -2.48. The van der Waals surface area contributed by atoms with Crippen molar-refractivity contribution in [2.45, 2.75) is 37.8 Å². The number of hydrogen-bond acceptors (Lipinski definition) is 6. The van der Waals surface area contributed by atoms with Crippen LogP contribution in [0.1, 0.15) is 30.9 Å². The van der Waals surface area contributed by atoms with Crippen LogP contribution in [0.2, 0.25) is 0 Å². The summed E-state index contributed by atoms with van der Waals surface area (Å²) in [6, 6.07) is 2.14. The summed E-state index contributed by atoms with van der Waals surface area (Å²) in [5.41, 5.74) is 1.10. The fourth-order valence-electron chi connectivity index (χ4n) is 3.61. The maximum atomic E-state index is 12.1. The standard InChI is InChI=1S/C18H24N6O2/c25-17(12-23-8-6-19-13-23)21-15-2-7-24(11-15)18-20-5-1-16(22-18)14-3-9-26-10-4-14/h1,5-6,8,13-15H,2-4,7,9-12H2,(H,21,25). The van der Waals surface area contributed by atoms with Gasteiger partial charge in [-0.2, -0.15) is 0 Å². The van der Waals surface area contributed by atoms with E-state index >= 15 is 0 Å². The number of nitrogens with one attached hydrogen (secondary N) is 1. The molecule has 2 aliphatic heterocycles. The molecule has 2 aromatic rings. The molecule has 2 aliphatic rings. The summed E-state index contributed by atoms with van der Waals surface area (Å²) in [6.07, 6.45) is 9.89. The zero-order valence-electron chi connectivity index (χ0n) is 14.8. The van der Waals surface area contributed by atoms with Gasteiger partial charge in [0.25, 0.3) is 0 Å². The van der Waals surface area contributed by atoms with Crippen LogP contribution in [0.3, 0.4) is 0 Å². The average Bonchev–Trinajstić information content (AvgIpc) is 3.35. The zero-order valence-corrected chi connectivity index (χ0v) is 14.8. The first-order valence-electron chi connectivity index (χ1n) is 9.18. The van der Waals surface area contributed by atoms with Gasteiger partial charge in [0.05, 0.1) is 6.33 Å². The SMILES string of the molecule is O=C(Cn1ccnc1)NC1CCN(c2nccc(C3CCOCC3)n2)C1. The number of amides is 1. The first-order chi connectivity index (χ1) is 12.8. The van der Waals surface area contributed by atoms with E-state index in [1.165, 1.54) is 0 Å². The van der Waals surface area contributed by atoms with Crippen molar-refractivity contribution in [3.8, 4) is 0 Å². The van der Waals surface area contributed by atoms with Gasteiger partial charge in [-0.15, -0.1) is 0 Å². The van der Waals surface area contributed by atoms with E-state index in [1.807, 2.05) is 12.3 Å². The van der Waals surface area contributed by atoms with E-state index < -0.39 is 0 Å². The van der Waals surface area contributed by atoms with Gasteiger partial charge in [-0.1, -0.05) is 0 Å². The van der Waals surface area contributed by atoms with Crippen molar-refractivity contribution in [2.75, 3.05) is 31.2 Å². The van der Waals surface area contributed by atoms with Crippen molar-refractivity contribution >= 4 is 11.9 Å². The minimum Gasteiger partial charge on any atom is -0.381 e. The molecule has 0 bridgehead atoms. The number of carbonyl (C=O) groups is 1. The number of anilines is 1. The van der Waals surface area contributed by atoms with E-state index in [2.05, 4.69) is 20.2 Å². The molecule has 2 saturated heterocycles. The Balaban J connectivity index is 1.34. The monoisotopic (exact) mass is 356 g/mol. The van der Waals surface area contributed by atoms with Gasteiger partial charge in [0.2, 0.25) is 11.9 Å². The van der Waals surface area contributed by atoms with Gasteiger partial charge in [-0.3, -0.25) is 4.79 Å². The predicted octanol–water partition coefficient (Wildman–Crippen LogP) is 0.962. The topological polar surface area (TPSA) is 85.2 Å². The molecule has 2 aromatic heterocycles. The van der Waals surface area contributed by atoms with Crippen LogP contribution in [0.4, 0.5) is 5.95 Å². The number of carbonyl (C=O) groups excluding carboxylic acids is 1. The Kier molecular flexibility index (Phi) is 5.10. The molecule has 1 N–H and O–H groups in total. The summed E-state index contributed by atoms with van der Waals surface area (Å²) in [7, 11) is 0. The number of nitrogens with zero attached hydrogens (tertiary/aromatic N) is 5. The van der Waals surface area contributed by atoms with Gasteiger partial charge in [-0.25, -0.2) is 15.0 Å². The van der Waals surface area contributed by atoms with E-state index in [4.69, 9.17) is 9.72 Å². The fraction of sp³-hybridized carbons (Fsp3) is 0.556. The van der Waals surface area contributed by atoms with Crippen LogP contribution in [0.25, 0.3) is 0 Å². The normalized spacial score (nSPS) is 21.1. The molecule has 0 aromatic carbocycles. The summed E-state index contributed by atoms with van der Waals surface area (Å²) >= 11 is 0. The van der Waals surface area contributed by atoms with Crippen molar-refractivity contribution < 1.29 is 9.53 Å². The highest BCUT2D eigenvalue weighted by molar-refractivity contribution is 5.76. The van der Waals surface area contributed by atoms with E-state index in [-0.39, 0.29) is 11.9 Å². The molecule has 4 heterocycles. The number of imidazole rings is 1. The van der Waals surface area contributed by atoms with Gasteiger partial charge in [-0.05, 0) is 25.3 Å².